The molecule has 0 unspecified atom stereocenters. The van der Waals surface area contributed by atoms with Crippen LogP contribution in [0.2, 0.25) is 0 Å². The summed E-state index contributed by atoms with van der Waals surface area (Å²) < 4.78 is 47.5. The zero-order valence-corrected chi connectivity index (χ0v) is 14.8. The number of hydrogen-bond acceptors (Lipinski definition) is 6. The average molecular weight is 372 g/mol. The Balaban J connectivity index is 1.55. The Bertz CT molecular complexity index is 757. The van der Waals surface area contributed by atoms with Gasteiger partial charge in [0.15, 0.2) is 5.82 Å². The molecule has 2 aliphatic rings. The van der Waals surface area contributed by atoms with E-state index in [1.54, 1.807) is 4.90 Å². The van der Waals surface area contributed by atoms with Crippen LogP contribution in [0.15, 0.2) is 18.3 Å². The first kappa shape index (κ1) is 18.1. The number of hydrogen-bond donors (Lipinski definition) is 0. The van der Waals surface area contributed by atoms with Crippen molar-refractivity contribution in [3.63, 3.8) is 0 Å². The highest BCUT2D eigenvalue weighted by atomic mass is 32.2. The number of likely N-dealkylation sites (tertiary alicyclic amines) is 1. The molecule has 1 spiro atoms. The second-order valence-corrected chi connectivity index (χ2v) is 8.93. The molecular formula is C16H21FN2O5S. The fraction of sp³-hybridized carbons (Fsp3) is 0.625. The van der Waals surface area contributed by atoms with Gasteiger partial charge in [0.1, 0.15) is 15.9 Å². The number of sulfone groups is 1. The van der Waals surface area contributed by atoms with Crippen molar-refractivity contribution in [3.05, 3.63) is 24.1 Å². The maximum Gasteiger partial charge on any atom is 0.250 e. The number of rotatable bonds is 5. The van der Waals surface area contributed by atoms with Gasteiger partial charge >= 0.3 is 0 Å². The number of amides is 1. The molecule has 0 bridgehead atoms. The molecule has 1 aromatic heterocycles. The maximum atomic E-state index is 13.6. The summed E-state index contributed by atoms with van der Waals surface area (Å²) in [4.78, 5) is 17.7. The molecule has 0 aromatic carbocycles. The highest BCUT2D eigenvalue weighted by molar-refractivity contribution is 7.90. The second-order valence-electron chi connectivity index (χ2n) is 6.67. The van der Waals surface area contributed by atoms with Crippen LogP contribution < -0.4 is 4.74 Å². The minimum atomic E-state index is -3.16. The van der Waals surface area contributed by atoms with Gasteiger partial charge < -0.3 is 14.4 Å². The Kier molecular flexibility index (Phi) is 4.97. The van der Waals surface area contributed by atoms with Gasteiger partial charge in [-0.25, -0.2) is 17.8 Å². The quantitative estimate of drug-likeness (QED) is 0.760. The van der Waals surface area contributed by atoms with Crippen LogP contribution in [0.1, 0.15) is 19.3 Å². The van der Waals surface area contributed by atoms with E-state index in [2.05, 4.69) is 4.98 Å². The van der Waals surface area contributed by atoms with Crippen LogP contribution in [-0.2, 0) is 19.4 Å². The number of pyridine rings is 1. The molecule has 1 amide bonds. The molecule has 2 aliphatic heterocycles. The molecule has 3 heterocycles. The van der Waals surface area contributed by atoms with E-state index >= 15 is 0 Å². The summed E-state index contributed by atoms with van der Waals surface area (Å²) in [6.45, 7) is 1.23. The van der Waals surface area contributed by atoms with Gasteiger partial charge in [-0.15, -0.1) is 0 Å². The molecule has 3 rings (SSSR count). The topological polar surface area (TPSA) is 85.8 Å². The molecular weight excluding hydrogens is 351 g/mol. The van der Waals surface area contributed by atoms with E-state index in [-0.39, 0.29) is 30.1 Å². The fourth-order valence-corrected chi connectivity index (χ4v) is 3.81. The standard InChI is InChI=1S/C16H21FN2O5S/c1-25(21,22)8-4-14(20)19-7-5-16(11-19)9-12(10-23-16)24-15-13(17)3-2-6-18-15/h2-3,6,12H,4-5,7-11H2,1H3/t12-,16+/m1/s1. The molecule has 1 aromatic rings. The van der Waals surface area contributed by atoms with Crippen LogP contribution in [0.3, 0.4) is 0 Å². The van der Waals surface area contributed by atoms with Crippen molar-refractivity contribution in [1.29, 1.82) is 0 Å². The van der Waals surface area contributed by atoms with E-state index in [4.69, 9.17) is 9.47 Å². The number of carbonyl (C=O) groups excluding carboxylic acids is 1. The lowest BCUT2D eigenvalue weighted by atomic mass is 9.98. The third-order valence-electron chi connectivity index (χ3n) is 4.53. The molecule has 0 radical (unpaired) electrons. The Labute approximate surface area is 146 Å². The fourth-order valence-electron chi connectivity index (χ4n) is 3.27. The Morgan fingerprint density at radius 3 is 3.08 bits per heavy atom. The van der Waals surface area contributed by atoms with Gasteiger partial charge in [-0.05, 0) is 18.6 Å². The molecule has 7 nitrogen and oxygen atoms in total. The molecule has 2 saturated heterocycles. The summed E-state index contributed by atoms with van der Waals surface area (Å²) in [5.74, 6) is -0.910. The largest absolute Gasteiger partial charge is 0.470 e. The lowest BCUT2D eigenvalue weighted by Gasteiger charge is -2.23. The van der Waals surface area contributed by atoms with Crippen molar-refractivity contribution in [1.82, 2.24) is 9.88 Å². The zero-order valence-electron chi connectivity index (χ0n) is 14.0. The van der Waals surface area contributed by atoms with Gasteiger partial charge in [-0.3, -0.25) is 4.79 Å². The minimum absolute atomic E-state index is 0.0199. The summed E-state index contributed by atoms with van der Waals surface area (Å²) >= 11 is 0. The summed E-state index contributed by atoms with van der Waals surface area (Å²) in [6.07, 6.45) is 3.43. The van der Waals surface area contributed by atoms with E-state index in [0.29, 0.717) is 32.5 Å². The first-order valence-electron chi connectivity index (χ1n) is 8.13. The van der Waals surface area contributed by atoms with Crippen molar-refractivity contribution in [2.24, 2.45) is 0 Å². The lowest BCUT2D eigenvalue weighted by molar-refractivity contribution is -0.130. The van der Waals surface area contributed by atoms with Crippen molar-refractivity contribution in [2.45, 2.75) is 31.0 Å². The van der Waals surface area contributed by atoms with Gasteiger partial charge in [-0.2, -0.15) is 0 Å². The predicted molar refractivity (Wildman–Crippen MR) is 87.4 cm³/mol. The first-order chi connectivity index (χ1) is 11.8. The lowest BCUT2D eigenvalue weighted by Crippen LogP contribution is -2.36. The van der Waals surface area contributed by atoms with E-state index in [1.807, 2.05) is 0 Å². The number of nitrogens with zero attached hydrogens (tertiary/aromatic N) is 2. The van der Waals surface area contributed by atoms with Gasteiger partial charge in [0.25, 0.3) is 5.88 Å². The van der Waals surface area contributed by atoms with Crippen LogP contribution in [-0.4, -0.2) is 67.6 Å². The van der Waals surface area contributed by atoms with E-state index in [1.165, 1.54) is 18.3 Å². The van der Waals surface area contributed by atoms with Crippen LogP contribution in [0.5, 0.6) is 5.88 Å². The van der Waals surface area contributed by atoms with Gasteiger partial charge in [0.05, 0.1) is 18.0 Å². The monoisotopic (exact) mass is 372 g/mol. The summed E-state index contributed by atoms with van der Waals surface area (Å²) in [6, 6.07) is 2.78. The first-order valence-corrected chi connectivity index (χ1v) is 10.2. The third-order valence-corrected chi connectivity index (χ3v) is 5.48. The van der Waals surface area contributed by atoms with Gasteiger partial charge in [-0.1, -0.05) is 0 Å². The van der Waals surface area contributed by atoms with Crippen molar-refractivity contribution in [3.8, 4) is 5.88 Å². The van der Waals surface area contributed by atoms with Crippen LogP contribution in [0.4, 0.5) is 4.39 Å². The Hall–Kier alpha value is -1.74. The second kappa shape index (κ2) is 6.87. The molecule has 138 valence electrons. The van der Waals surface area contributed by atoms with Crippen LogP contribution >= 0.6 is 0 Å². The SMILES string of the molecule is CS(=O)(=O)CCC(=O)N1CC[C@]2(C[C@@H](Oc3ncccc3F)CO2)C1. The molecule has 0 N–H and O–H groups in total. The van der Waals surface area contributed by atoms with E-state index in [0.717, 1.165) is 6.26 Å². The normalized spacial score (nSPS) is 26.3. The van der Waals surface area contributed by atoms with Crippen LogP contribution in [0, 0.1) is 5.82 Å². The number of halogens is 1. The zero-order chi connectivity index (χ0) is 18.1. The predicted octanol–water partition coefficient (Wildman–Crippen LogP) is 0.794. The summed E-state index contributed by atoms with van der Waals surface area (Å²) in [5, 5.41) is 0. The van der Waals surface area contributed by atoms with Crippen molar-refractivity contribution < 1.29 is 27.1 Å². The molecule has 25 heavy (non-hydrogen) atoms. The molecule has 0 saturated carbocycles. The molecule has 9 heteroatoms. The number of carbonyl (C=O) groups is 1. The maximum absolute atomic E-state index is 13.6. The molecule has 2 atom stereocenters. The average Bonchev–Trinajstić information content (AvgIpc) is 3.14. The smallest absolute Gasteiger partial charge is 0.250 e. The Morgan fingerprint density at radius 2 is 2.36 bits per heavy atom. The van der Waals surface area contributed by atoms with E-state index < -0.39 is 21.3 Å². The number of aromatic nitrogens is 1. The molecule has 0 aliphatic carbocycles. The minimum Gasteiger partial charge on any atom is -0.470 e. The van der Waals surface area contributed by atoms with Crippen molar-refractivity contribution in [2.75, 3.05) is 31.7 Å². The number of ether oxygens (including phenoxy) is 2. The Morgan fingerprint density at radius 1 is 1.56 bits per heavy atom. The third kappa shape index (κ3) is 4.46. The highest BCUT2D eigenvalue weighted by Gasteiger charge is 2.47. The van der Waals surface area contributed by atoms with Gasteiger partial charge in [0, 0.05) is 38.4 Å². The van der Waals surface area contributed by atoms with Crippen LogP contribution in [0.25, 0.3) is 0 Å². The molecule has 2 fully saturated rings. The van der Waals surface area contributed by atoms with Gasteiger partial charge in [0.2, 0.25) is 5.91 Å². The summed E-state index contributed by atoms with van der Waals surface area (Å²) in [7, 11) is -3.16. The highest BCUT2D eigenvalue weighted by Crippen LogP contribution is 2.36. The van der Waals surface area contributed by atoms with Crippen molar-refractivity contribution >= 4 is 15.7 Å². The summed E-state index contributed by atoms with van der Waals surface area (Å²) in [5.41, 5.74) is -0.503. The van der Waals surface area contributed by atoms with E-state index in [9.17, 15) is 17.6 Å².